The maximum absolute atomic E-state index is 5.98. The van der Waals surface area contributed by atoms with Crippen molar-refractivity contribution in [1.29, 1.82) is 0 Å². The van der Waals surface area contributed by atoms with Crippen LogP contribution in [0.3, 0.4) is 0 Å². The molecular weight excluding hydrogens is 293 g/mol. The molecule has 0 aliphatic heterocycles. The summed E-state index contributed by atoms with van der Waals surface area (Å²) in [5.41, 5.74) is 9.01. The van der Waals surface area contributed by atoms with Crippen molar-refractivity contribution in [3.05, 3.63) is 63.1 Å². The monoisotopic (exact) mass is 309 g/mol. The average Bonchev–Trinajstić information content (AvgIpc) is 2.41. The second-order valence-electron chi connectivity index (χ2n) is 4.85. The van der Waals surface area contributed by atoms with Crippen LogP contribution in [0.15, 0.2) is 36.4 Å². The van der Waals surface area contributed by atoms with Crippen molar-refractivity contribution < 1.29 is 4.74 Å². The molecule has 0 aliphatic rings. The predicted octanol–water partition coefficient (Wildman–Crippen LogP) is 4.90. The molecule has 2 N–H and O–H groups in total. The van der Waals surface area contributed by atoms with Crippen molar-refractivity contribution in [2.75, 3.05) is 0 Å². The van der Waals surface area contributed by atoms with Gasteiger partial charge in [-0.25, -0.2) is 0 Å². The minimum absolute atomic E-state index is 0.0258. The molecule has 2 nitrogen and oxygen atoms in total. The minimum Gasteiger partial charge on any atom is -0.489 e. The van der Waals surface area contributed by atoms with Gasteiger partial charge in [0.25, 0.3) is 0 Å². The van der Waals surface area contributed by atoms with Crippen LogP contribution in [0, 0.1) is 6.92 Å². The van der Waals surface area contributed by atoms with Crippen LogP contribution in [0.5, 0.6) is 5.75 Å². The number of ether oxygens (including phenoxy) is 1. The van der Waals surface area contributed by atoms with Crippen molar-refractivity contribution in [3.8, 4) is 5.75 Å². The first kappa shape index (κ1) is 15.2. The molecule has 4 heteroatoms. The second-order valence-corrected chi connectivity index (χ2v) is 5.67. The normalized spacial score (nSPS) is 12.2. The Balaban J connectivity index is 2.09. The standard InChI is InChI=1S/C16H17Cl2NO/c1-10-7-13(11(2)19)4-6-16(10)20-9-12-3-5-14(17)15(18)8-12/h3-8,11H,9,19H2,1-2H3/t11-/m0/s1. The summed E-state index contributed by atoms with van der Waals surface area (Å²) in [5, 5.41) is 1.09. The molecule has 0 bridgehead atoms. The highest BCUT2D eigenvalue weighted by Gasteiger charge is 2.05. The molecule has 0 radical (unpaired) electrons. The van der Waals surface area contributed by atoms with Crippen LogP contribution >= 0.6 is 23.2 Å². The lowest BCUT2D eigenvalue weighted by Crippen LogP contribution is -2.05. The van der Waals surface area contributed by atoms with Crippen molar-refractivity contribution in [2.45, 2.75) is 26.5 Å². The second kappa shape index (κ2) is 6.49. The van der Waals surface area contributed by atoms with Crippen LogP contribution in [-0.2, 0) is 6.61 Å². The number of benzene rings is 2. The molecule has 2 rings (SSSR count). The van der Waals surface area contributed by atoms with E-state index >= 15 is 0 Å². The largest absolute Gasteiger partial charge is 0.489 e. The summed E-state index contributed by atoms with van der Waals surface area (Å²) in [4.78, 5) is 0. The van der Waals surface area contributed by atoms with E-state index in [4.69, 9.17) is 33.7 Å². The zero-order valence-electron chi connectivity index (χ0n) is 11.5. The van der Waals surface area contributed by atoms with Gasteiger partial charge in [0.15, 0.2) is 0 Å². The van der Waals surface area contributed by atoms with Gasteiger partial charge in [-0.2, -0.15) is 0 Å². The number of hydrogen-bond acceptors (Lipinski definition) is 2. The fourth-order valence-corrected chi connectivity index (χ4v) is 2.23. The van der Waals surface area contributed by atoms with Gasteiger partial charge in [-0.15, -0.1) is 0 Å². The third-order valence-electron chi connectivity index (χ3n) is 3.10. The molecule has 0 saturated heterocycles. The summed E-state index contributed by atoms with van der Waals surface area (Å²) < 4.78 is 5.81. The number of halogens is 2. The summed E-state index contributed by atoms with van der Waals surface area (Å²) in [7, 11) is 0. The molecule has 1 atom stereocenters. The van der Waals surface area contributed by atoms with E-state index in [0.29, 0.717) is 16.7 Å². The first-order valence-electron chi connectivity index (χ1n) is 6.40. The zero-order chi connectivity index (χ0) is 14.7. The van der Waals surface area contributed by atoms with Gasteiger partial charge in [0.2, 0.25) is 0 Å². The Hall–Kier alpha value is -1.22. The Labute approximate surface area is 129 Å². The smallest absolute Gasteiger partial charge is 0.122 e. The SMILES string of the molecule is Cc1cc([C@H](C)N)ccc1OCc1ccc(Cl)c(Cl)c1. The van der Waals surface area contributed by atoms with Crippen LogP contribution in [0.25, 0.3) is 0 Å². The lowest BCUT2D eigenvalue weighted by Gasteiger charge is -2.12. The number of hydrogen-bond donors (Lipinski definition) is 1. The van der Waals surface area contributed by atoms with Gasteiger partial charge in [-0.1, -0.05) is 41.4 Å². The van der Waals surface area contributed by atoms with E-state index in [9.17, 15) is 0 Å². The van der Waals surface area contributed by atoms with E-state index in [1.54, 1.807) is 6.07 Å². The summed E-state index contributed by atoms with van der Waals surface area (Å²) in [6, 6.07) is 11.5. The first-order chi connectivity index (χ1) is 9.47. The lowest BCUT2D eigenvalue weighted by atomic mass is 10.1. The predicted molar refractivity (Wildman–Crippen MR) is 84.6 cm³/mol. The summed E-state index contributed by atoms with van der Waals surface area (Å²) in [6.07, 6.45) is 0. The summed E-state index contributed by atoms with van der Waals surface area (Å²) >= 11 is 11.9. The van der Waals surface area contributed by atoms with E-state index < -0.39 is 0 Å². The Morgan fingerprint density at radius 3 is 2.45 bits per heavy atom. The minimum atomic E-state index is 0.0258. The number of nitrogens with two attached hydrogens (primary N) is 1. The molecule has 2 aromatic carbocycles. The van der Waals surface area contributed by atoms with Crippen LogP contribution in [0.2, 0.25) is 10.0 Å². The highest BCUT2D eigenvalue weighted by atomic mass is 35.5. The fraction of sp³-hybridized carbons (Fsp3) is 0.250. The van der Waals surface area contributed by atoms with Gasteiger partial charge >= 0.3 is 0 Å². The number of rotatable bonds is 4. The molecule has 106 valence electrons. The molecule has 2 aromatic rings. The first-order valence-corrected chi connectivity index (χ1v) is 7.16. The number of aryl methyl sites for hydroxylation is 1. The molecule has 20 heavy (non-hydrogen) atoms. The quantitative estimate of drug-likeness (QED) is 0.871. The van der Waals surface area contributed by atoms with Crippen molar-refractivity contribution >= 4 is 23.2 Å². The highest BCUT2D eigenvalue weighted by molar-refractivity contribution is 6.42. The Morgan fingerprint density at radius 2 is 1.85 bits per heavy atom. The molecule has 0 fully saturated rings. The molecule has 0 saturated carbocycles. The summed E-state index contributed by atoms with van der Waals surface area (Å²) in [6.45, 7) is 4.43. The maximum Gasteiger partial charge on any atom is 0.122 e. The fourth-order valence-electron chi connectivity index (χ4n) is 1.91. The van der Waals surface area contributed by atoms with Gasteiger partial charge < -0.3 is 10.5 Å². The summed E-state index contributed by atoms with van der Waals surface area (Å²) in [5.74, 6) is 0.848. The Kier molecular flexibility index (Phi) is 4.92. The molecule has 0 aliphatic carbocycles. The van der Waals surface area contributed by atoms with Crippen molar-refractivity contribution in [2.24, 2.45) is 5.73 Å². The Bertz CT molecular complexity index is 611. The highest BCUT2D eigenvalue weighted by Crippen LogP contribution is 2.25. The van der Waals surface area contributed by atoms with Gasteiger partial charge in [-0.3, -0.25) is 0 Å². The van der Waals surface area contributed by atoms with Crippen LogP contribution < -0.4 is 10.5 Å². The molecule has 0 amide bonds. The van der Waals surface area contributed by atoms with Crippen LogP contribution in [-0.4, -0.2) is 0 Å². The average molecular weight is 310 g/mol. The topological polar surface area (TPSA) is 35.2 Å². The van der Waals surface area contributed by atoms with E-state index in [1.165, 1.54) is 0 Å². The van der Waals surface area contributed by atoms with Crippen molar-refractivity contribution in [1.82, 2.24) is 0 Å². The van der Waals surface area contributed by atoms with Crippen LogP contribution in [0.4, 0.5) is 0 Å². The van der Waals surface area contributed by atoms with E-state index in [2.05, 4.69) is 6.07 Å². The van der Waals surface area contributed by atoms with E-state index in [0.717, 1.165) is 22.4 Å². The molecule has 0 spiro atoms. The van der Waals surface area contributed by atoms with Gasteiger partial charge in [0.1, 0.15) is 12.4 Å². The lowest BCUT2D eigenvalue weighted by molar-refractivity contribution is 0.304. The van der Waals surface area contributed by atoms with Gasteiger partial charge in [0.05, 0.1) is 10.0 Å². The molecule has 0 aromatic heterocycles. The molecule has 0 heterocycles. The zero-order valence-corrected chi connectivity index (χ0v) is 13.0. The third-order valence-corrected chi connectivity index (χ3v) is 3.84. The molecular formula is C16H17Cl2NO. The van der Waals surface area contributed by atoms with Gasteiger partial charge in [-0.05, 0) is 48.7 Å². The van der Waals surface area contributed by atoms with Gasteiger partial charge in [0, 0.05) is 6.04 Å². The Morgan fingerprint density at radius 1 is 1.10 bits per heavy atom. The maximum atomic E-state index is 5.98. The molecule has 0 unspecified atom stereocenters. The van der Waals surface area contributed by atoms with Crippen LogP contribution in [0.1, 0.15) is 29.7 Å². The van der Waals surface area contributed by atoms with Crippen molar-refractivity contribution in [3.63, 3.8) is 0 Å². The van der Waals surface area contributed by atoms with E-state index in [1.807, 2.05) is 38.1 Å². The van der Waals surface area contributed by atoms with E-state index in [-0.39, 0.29) is 6.04 Å². The third kappa shape index (κ3) is 3.66.